The van der Waals surface area contributed by atoms with Gasteiger partial charge in [-0.25, -0.2) is 0 Å². The maximum Gasteiger partial charge on any atom is 0.325 e. The predicted octanol–water partition coefficient (Wildman–Crippen LogP) is 0.750. The second-order valence-electron chi connectivity index (χ2n) is 2.85. The molecule has 0 saturated heterocycles. The van der Waals surface area contributed by atoms with E-state index < -0.39 is 0 Å². The van der Waals surface area contributed by atoms with Gasteiger partial charge in [0.15, 0.2) is 0 Å². The monoisotopic (exact) mass is 197 g/mol. The van der Waals surface area contributed by atoms with Crippen LogP contribution in [0.4, 0.5) is 0 Å². The van der Waals surface area contributed by atoms with Gasteiger partial charge in [-0.2, -0.15) is 0 Å². The van der Waals surface area contributed by atoms with Crippen LogP contribution < -0.4 is 0 Å². The normalized spacial score (nSPS) is 11.5. The Morgan fingerprint density at radius 2 is 2.14 bits per heavy atom. The van der Waals surface area contributed by atoms with Crippen molar-refractivity contribution in [3.63, 3.8) is 0 Å². The van der Waals surface area contributed by atoms with Gasteiger partial charge in [-0.05, 0) is 30.8 Å². The number of carbonyl (C=O) groups is 2. The summed E-state index contributed by atoms with van der Waals surface area (Å²) in [4.78, 5) is 22.6. The number of methoxy groups -OCH3 is 1. The third-order valence-corrected chi connectivity index (χ3v) is 1.53. The fourth-order valence-electron chi connectivity index (χ4n) is 0.729. The summed E-state index contributed by atoms with van der Waals surface area (Å²) in [5.41, 5.74) is 0.830. The molecule has 4 heteroatoms. The lowest BCUT2D eigenvalue weighted by molar-refractivity contribution is -0.141. The Kier molecular flexibility index (Phi) is 6.11. The predicted molar refractivity (Wildman–Crippen MR) is 53.6 cm³/mol. The molecular formula is C10H15NO3. The highest BCUT2D eigenvalue weighted by Crippen LogP contribution is 1.95. The zero-order valence-corrected chi connectivity index (χ0v) is 8.69. The van der Waals surface area contributed by atoms with Gasteiger partial charge in [-0.3, -0.25) is 9.59 Å². The number of ether oxygens (including phenoxy) is 1. The number of hydrogen-bond acceptors (Lipinski definition) is 4. The van der Waals surface area contributed by atoms with Crippen molar-refractivity contribution in [1.29, 1.82) is 0 Å². The molecule has 0 aliphatic carbocycles. The molecule has 0 radical (unpaired) electrons. The SMILES string of the molecule is COC(=O)CN(C)/C=C\C(C)=C/C=O. The van der Waals surface area contributed by atoms with Crippen molar-refractivity contribution in [3.8, 4) is 0 Å². The first kappa shape index (κ1) is 12.4. The van der Waals surface area contributed by atoms with Crippen molar-refractivity contribution in [3.05, 3.63) is 23.9 Å². The van der Waals surface area contributed by atoms with Gasteiger partial charge in [-0.15, -0.1) is 0 Å². The number of nitrogens with zero attached hydrogens (tertiary/aromatic N) is 1. The topological polar surface area (TPSA) is 46.6 Å². The molecule has 4 nitrogen and oxygen atoms in total. The Morgan fingerprint density at radius 3 is 2.64 bits per heavy atom. The second-order valence-corrected chi connectivity index (χ2v) is 2.85. The first-order valence-electron chi connectivity index (χ1n) is 4.17. The maximum atomic E-state index is 10.8. The van der Waals surface area contributed by atoms with E-state index in [1.807, 2.05) is 0 Å². The first-order chi connectivity index (χ1) is 6.60. The summed E-state index contributed by atoms with van der Waals surface area (Å²) in [6.45, 7) is 2.00. The average molecular weight is 197 g/mol. The van der Waals surface area contributed by atoms with Crippen LogP contribution in [0.5, 0.6) is 0 Å². The van der Waals surface area contributed by atoms with Crippen molar-refractivity contribution < 1.29 is 14.3 Å². The molecule has 0 saturated carbocycles. The summed E-state index contributed by atoms with van der Waals surface area (Å²) in [6, 6.07) is 0. The van der Waals surface area contributed by atoms with E-state index in [1.165, 1.54) is 13.2 Å². The highest BCUT2D eigenvalue weighted by molar-refractivity contribution is 5.71. The highest BCUT2D eigenvalue weighted by atomic mass is 16.5. The molecule has 14 heavy (non-hydrogen) atoms. The molecule has 0 aromatic carbocycles. The summed E-state index contributed by atoms with van der Waals surface area (Å²) < 4.78 is 4.49. The molecule has 0 aromatic heterocycles. The maximum absolute atomic E-state index is 10.8. The minimum atomic E-state index is -0.297. The number of likely N-dealkylation sites (N-methyl/N-ethyl adjacent to an activating group) is 1. The quantitative estimate of drug-likeness (QED) is 0.282. The molecule has 0 aromatic rings. The van der Waals surface area contributed by atoms with Crippen LogP contribution in [0.3, 0.4) is 0 Å². The van der Waals surface area contributed by atoms with Gasteiger partial charge in [0.1, 0.15) is 12.8 Å². The largest absolute Gasteiger partial charge is 0.468 e. The molecule has 0 fully saturated rings. The van der Waals surface area contributed by atoms with E-state index in [1.54, 1.807) is 31.1 Å². The van der Waals surface area contributed by atoms with E-state index in [0.29, 0.717) is 0 Å². The van der Waals surface area contributed by atoms with Crippen LogP contribution in [0.25, 0.3) is 0 Å². The number of allylic oxidation sites excluding steroid dienone is 3. The summed E-state index contributed by atoms with van der Waals surface area (Å²) in [7, 11) is 3.10. The molecule has 0 spiro atoms. The molecule has 0 heterocycles. The molecule has 0 N–H and O–H groups in total. The highest BCUT2D eigenvalue weighted by Gasteiger charge is 2.00. The summed E-state index contributed by atoms with van der Waals surface area (Å²) in [5, 5.41) is 0. The van der Waals surface area contributed by atoms with Gasteiger partial charge < -0.3 is 9.64 Å². The molecule has 0 atom stereocenters. The standard InChI is InChI=1S/C10H15NO3/c1-9(5-7-12)4-6-11(2)8-10(13)14-3/h4-7H,8H2,1-3H3/b6-4-,9-5-. The van der Waals surface area contributed by atoms with E-state index in [9.17, 15) is 9.59 Å². The van der Waals surface area contributed by atoms with E-state index in [-0.39, 0.29) is 12.5 Å². The van der Waals surface area contributed by atoms with E-state index in [2.05, 4.69) is 4.74 Å². The second kappa shape index (κ2) is 6.88. The molecule has 0 bridgehead atoms. The van der Waals surface area contributed by atoms with Crippen LogP contribution >= 0.6 is 0 Å². The minimum absolute atomic E-state index is 0.196. The van der Waals surface area contributed by atoms with Gasteiger partial charge >= 0.3 is 5.97 Å². The fraction of sp³-hybridized carbons (Fsp3) is 0.400. The number of hydrogen-bond donors (Lipinski definition) is 0. The number of aldehydes is 1. The molecule has 78 valence electrons. The Balaban J connectivity index is 4.04. The Labute approximate surface area is 83.8 Å². The zero-order chi connectivity index (χ0) is 11.0. The lowest BCUT2D eigenvalue weighted by Gasteiger charge is -2.11. The minimum Gasteiger partial charge on any atom is -0.468 e. The Morgan fingerprint density at radius 1 is 1.50 bits per heavy atom. The van der Waals surface area contributed by atoms with Crippen molar-refractivity contribution in [2.45, 2.75) is 6.92 Å². The fourth-order valence-corrected chi connectivity index (χ4v) is 0.729. The summed E-state index contributed by atoms with van der Waals surface area (Å²) in [6.07, 6.45) is 5.63. The lowest BCUT2D eigenvalue weighted by Crippen LogP contribution is -2.21. The van der Waals surface area contributed by atoms with Gasteiger partial charge in [0, 0.05) is 7.05 Å². The Hall–Kier alpha value is -1.58. The third-order valence-electron chi connectivity index (χ3n) is 1.53. The van der Waals surface area contributed by atoms with Crippen LogP contribution in [0.2, 0.25) is 0 Å². The van der Waals surface area contributed by atoms with E-state index in [0.717, 1.165) is 11.9 Å². The lowest BCUT2D eigenvalue weighted by atomic mass is 10.3. The van der Waals surface area contributed by atoms with Gasteiger partial charge in [0.25, 0.3) is 0 Å². The third kappa shape index (κ3) is 5.99. The van der Waals surface area contributed by atoms with Crippen LogP contribution in [0.1, 0.15) is 6.92 Å². The molecule has 0 unspecified atom stereocenters. The Bertz CT molecular complexity index is 256. The van der Waals surface area contributed by atoms with Gasteiger partial charge in [-0.1, -0.05) is 0 Å². The molecule has 0 amide bonds. The molecule has 0 rings (SSSR count). The van der Waals surface area contributed by atoms with E-state index >= 15 is 0 Å². The van der Waals surface area contributed by atoms with Crippen molar-refractivity contribution >= 4 is 12.3 Å². The van der Waals surface area contributed by atoms with Crippen LogP contribution in [0.15, 0.2) is 23.9 Å². The number of esters is 1. The van der Waals surface area contributed by atoms with Crippen molar-refractivity contribution in [2.75, 3.05) is 20.7 Å². The molecular weight excluding hydrogens is 182 g/mol. The van der Waals surface area contributed by atoms with Crippen LogP contribution in [-0.4, -0.2) is 37.9 Å². The van der Waals surface area contributed by atoms with Crippen LogP contribution in [0, 0.1) is 0 Å². The molecule has 0 aliphatic rings. The smallest absolute Gasteiger partial charge is 0.325 e. The van der Waals surface area contributed by atoms with Gasteiger partial charge in [0.2, 0.25) is 0 Å². The zero-order valence-electron chi connectivity index (χ0n) is 8.69. The number of carbonyl (C=O) groups excluding carboxylic acids is 2. The summed E-state index contributed by atoms with van der Waals surface area (Å²) >= 11 is 0. The van der Waals surface area contributed by atoms with Crippen molar-refractivity contribution in [2.24, 2.45) is 0 Å². The average Bonchev–Trinajstić information content (AvgIpc) is 2.15. The van der Waals surface area contributed by atoms with E-state index in [4.69, 9.17) is 0 Å². The first-order valence-corrected chi connectivity index (χ1v) is 4.17. The van der Waals surface area contributed by atoms with Gasteiger partial charge in [0.05, 0.1) is 7.11 Å². The number of rotatable bonds is 5. The molecule has 0 aliphatic heterocycles. The summed E-state index contributed by atoms with van der Waals surface area (Å²) in [5.74, 6) is -0.297. The van der Waals surface area contributed by atoms with Crippen molar-refractivity contribution in [1.82, 2.24) is 4.90 Å². The van der Waals surface area contributed by atoms with Crippen LogP contribution in [-0.2, 0) is 14.3 Å².